The van der Waals surface area contributed by atoms with Crippen molar-refractivity contribution in [1.82, 2.24) is 29.6 Å². The van der Waals surface area contributed by atoms with Gasteiger partial charge >= 0.3 is 0 Å². The average molecular weight is 502 g/mol. The van der Waals surface area contributed by atoms with Gasteiger partial charge in [0.1, 0.15) is 0 Å². The monoisotopic (exact) mass is 501 g/mol. The van der Waals surface area contributed by atoms with Crippen molar-refractivity contribution >= 4 is 33.7 Å². The molecule has 6 rings (SSSR count). The summed E-state index contributed by atoms with van der Waals surface area (Å²) in [6.45, 7) is 9.75. The van der Waals surface area contributed by atoms with Crippen molar-refractivity contribution < 1.29 is 9.53 Å². The minimum atomic E-state index is -0.163. The Balaban J connectivity index is 1.33. The number of carbonyl (C=O) groups is 1. The van der Waals surface area contributed by atoms with E-state index in [1.807, 2.05) is 48.6 Å². The number of amides is 1. The van der Waals surface area contributed by atoms with Crippen molar-refractivity contribution in [2.24, 2.45) is 0 Å². The van der Waals surface area contributed by atoms with Crippen LogP contribution in [-0.4, -0.2) is 74.9 Å². The predicted octanol–water partition coefficient (Wildman–Crippen LogP) is 2.91. The number of nitrogens with zero attached hydrogens (tertiary/aromatic N) is 6. The van der Waals surface area contributed by atoms with Crippen molar-refractivity contribution in [3.8, 4) is 0 Å². The molecular formula is C27H31N7O3. The third kappa shape index (κ3) is 4.25. The van der Waals surface area contributed by atoms with Crippen LogP contribution in [-0.2, 0) is 4.74 Å². The van der Waals surface area contributed by atoms with E-state index in [2.05, 4.69) is 25.0 Å². The van der Waals surface area contributed by atoms with Crippen LogP contribution in [0.15, 0.2) is 29.2 Å². The van der Waals surface area contributed by atoms with Crippen molar-refractivity contribution in [2.45, 2.75) is 39.7 Å². The number of hydrogen-bond acceptors (Lipinski definition) is 7. The van der Waals surface area contributed by atoms with Crippen LogP contribution in [0.5, 0.6) is 0 Å². The van der Waals surface area contributed by atoms with Crippen LogP contribution >= 0.6 is 0 Å². The van der Waals surface area contributed by atoms with Gasteiger partial charge in [0.15, 0.2) is 0 Å². The number of benzene rings is 1. The zero-order chi connectivity index (χ0) is 25.7. The van der Waals surface area contributed by atoms with E-state index in [0.717, 1.165) is 52.2 Å². The van der Waals surface area contributed by atoms with E-state index in [1.54, 1.807) is 6.20 Å². The molecule has 2 aliphatic heterocycles. The molecular weight excluding hydrogens is 470 g/mol. The van der Waals surface area contributed by atoms with Gasteiger partial charge in [0, 0.05) is 61.7 Å². The normalized spacial score (nSPS) is 17.2. The van der Waals surface area contributed by atoms with Gasteiger partial charge < -0.3 is 19.5 Å². The third-order valence-electron chi connectivity index (χ3n) is 7.50. The van der Waals surface area contributed by atoms with Gasteiger partial charge in [0.05, 0.1) is 28.7 Å². The first kappa shape index (κ1) is 23.6. The molecule has 4 aromatic rings. The summed E-state index contributed by atoms with van der Waals surface area (Å²) >= 11 is 0. The van der Waals surface area contributed by atoms with Crippen molar-refractivity contribution in [3.05, 3.63) is 57.3 Å². The highest BCUT2D eigenvalue weighted by Gasteiger charge is 2.26. The Kier molecular flexibility index (Phi) is 5.91. The highest BCUT2D eigenvalue weighted by atomic mass is 16.5. The van der Waals surface area contributed by atoms with Crippen LogP contribution in [0.4, 0.5) is 5.95 Å². The molecule has 0 unspecified atom stereocenters. The molecule has 0 atom stereocenters. The molecule has 5 heterocycles. The minimum Gasteiger partial charge on any atom is -0.381 e. The summed E-state index contributed by atoms with van der Waals surface area (Å²) in [5.74, 6) is 0.719. The number of ether oxygens (including phenoxy) is 1. The fraction of sp³-hybridized carbons (Fsp3) is 0.444. The fourth-order valence-corrected chi connectivity index (χ4v) is 5.56. The SMILES string of the molecule is Cc1cc(C)nc(N2CCN(C(=O)c3cc4c(cc3C)[nH]c(=O)c3cnn(C5CCOCC5)c34)CC2)n1. The van der Waals surface area contributed by atoms with Crippen molar-refractivity contribution in [2.75, 3.05) is 44.3 Å². The molecule has 192 valence electrons. The van der Waals surface area contributed by atoms with Gasteiger partial charge in [0.25, 0.3) is 11.5 Å². The van der Waals surface area contributed by atoms with E-state index in [0.29, 0.717) is 50.3 Å². The molecule has 2 fully saturated rings. The number of carbonyl (C=O) groups excluding carboxylic acids is 1. The quantitative estimate of drug-likeness (QED) is 0.460. The van der Waals surface area contributed by atoms with Crippen LogP contribution in [0.2, 0.25) is 0 Å². The number of nitrogens with one attached hydrogen (secondary N) is 1. The van der Waals surface area contributed by atoms with E-state index in [1.165, 1.54) is 0 Å². The Morgan fingerprint density at radius 3 is 2.38 bits per heavy atom. The van der Waals surface area contributed by atoms with E-state index >= 15 is 0 Å². The van der Waals surface area contributed by atoms with Crippen molar-refractivity contribution in [1.29, 1.82) is 0 Å². The lowest BCUT2D eigenvalue weighted by atomic mass is 10.0. The average Bonchev–Trinajstić information content (AvgIpc) is 3.34. The summed E-state index contributed by atoms with van der Waals surface area (Å²) < 4.78 is 7.49. The van der Waals surface area contributed by atoms with Crippen LogP contribution in [0.25, 0.3) is 21.8 Å². The molecule has 1 aromatic carbocycles. The number of anilines is 1. The maximum atomic E-state index is 13.7. The second-order valence-corrected chi connectivity index (χ2v) is 10.1. The van der Waals surface area contributed by atoms with E-state index in [-0.39, 0.29) is 17.5 Å². The number of aryl methyl sites for hydroxylation is 3. The zero-order valence-electron chi connectivity index (χ0n) is 21.5. The first-order valence-electron chi connectivity index (χ1n) is 12.9. The molecule has 0 bridgehead atoms. The van der Waals surface area contributed by atoms with Gasteiger partial charge in [0.2, 0.25) is 5.95 Å². The molecule has 1 amide bonds. The maximum absolute atomic E-state index is 13.7. The summed E-state index contributed by atoms with van der Waals surface area (Å²) in [5.41, 5.74) is 4.72. The Morgan fingerprint density at radius 1 is 0.973 bits per heavy atom. The number of rotatable bonds is 3. The highest BCUT2D eigenvalue weighted by Crippen LogP contribution is 2.30. The number of fused-ring (bicyclic) bond motifs is 3. The van der Waals surface area contributed by atoms with Gasteiger partial charge in [-0.3, -0.25) is 14.3 Å². The molecule has 0 spiro atoms. The summed E-state index contributed by atoms with van der Waals surface area (Å²) in [4.78, 5) is 42.7. The van der Waals surface area contributed by atoms with Crippen LogP contribution in [0.1, 0.15) is 46.2 Å². The zero-order valence-corrected chi connectivity index (χ0v) is 21.5. The topological polar surface area (TPSA) is 109 Å². The second kappa shape index (κ2) is 9.26. The van der Waals surface area contributed by atoms with Gasteiger partial charge in [-0.15, -0.1) is 0 Å². The summed E-state index contributed by atoms with van der Waals surface area (Å²) in [6.07, 6.45) is 3.33. The molecule has 10 heteroatoms. The smallest absolute Gasteiger partial charge is 0.259 e. The summed E-state index contributed by atoms with van der Waals surface area (Å²) in [5, 5.41) is 5.98. The largest absolute Gasteiger partial charge is 0.381 e. The lowest BCUT2D eigenvalue weighted by Crippen LogP contribution is -2.49. The number of pyridine rings is 1. The molecule has 0 saturated carbocycles. The Labute approximate surface area is 214 Å². The highest BCUT2D eigenvalue weighted by molar-refractivity contribution is 6.07. The second-order valence-electron chi connectivity index (χ2n) is 10.1. The molecule has 2 aliphatic rings. The van der Waals surface area contributed by atoms with Gasteiger partial charge in [-0.25, -0.2) is 9.97 Å². The predicted molar refractivity (Wildman–Crippen MR) is 141 cm³/mol. The molecule has 1 N–H and O–H groups in total. The molecule has 10 nitrogen and oxygen atoms in total. The van der Waals surface area contributed by atoms with Crippen LogP contribution in [0, 0.1) is 20.8 Å². The number of hydrogen-bond donors (Lipinski definition) is 1. The summed E-state index contributed by atoms with van der Waals surface area (Å²) in [6, 6.07) is 5.97. The molecule has 2 saturated heterocycles. The van der Waals surface area contributed by atoms with Crippen molar-refractivity contribution in [3.63, 3.8) is 0 Å². The number of H-pyrrole nitrogens is 1. The molecule has 3 aromatic heterocycles. The van der Waals surface area contributed by atoms with Gasteiger partial charge in [-0.05, 0) is 57.4 Å². The van der Waals surface area contributed by atoms with E-state index < -0.39 is 0 Å². The number of piperazine rings is 1. The van der Waals surface area contributed by atoms with E-state index in [4.69, 9.17) is 4.74 Å². The first-order chi connectivity index (χ1) is 17.9. The lowest BCUT2D eigenvalue weighted by Gasteiger charge is -2.35. The van der Waals surface area contributed by atoms with Crippen LogP contribution < -0.4 is 10.5 Å². The minimum absolute atomic E-state index is 0.00290. The Hall–Kier alpha value is -3.79. The maximum Gasteiger partial charge on any atom is 0.259 e. The Morgan fingerprint density at radius 2 is 1.68 bits per heavy atom. The van der Waals surface area contributed by atoms with Crippen LogP contribution in [0.3, 0.4) is 0 Å². The Bertz CT molecular complexity index is 1540. The molecule has 0 radical (unpaired) electrons. The van der Waals surface area contributed by atoms with E-state index in [9.17, 15) is 9.59 Å². The first-order valence-corrected chi connectivity index (χ1v) is 12.9. The summed E-state index contributed by atoms with van der Waals surface area (Å²) in [7, 11) is 0. The number of aromatic amines is 1. The number of aromatic nitrogens is 5. The standard InChI is InChI=1S/C27H31N7O3/c1-16-12-23-21(24-22(25(35)31-23)15-28-34(24)19-4-10-37-11-5-19)14-20(16)26(36)32-6-8-33(9-7-32)27-29-17(2)13-18(3)30-27/h12-15,19H,4-11H2,1-3H3,(H,31,35). The van der Waals surface area contributed by atoms with Gasteiger partial charge in [-0.1, -0.05) is 0 Å². The lowest BCUT2D eigenvalue weighted by molar-refractivity contribution is 0.0675. The molecule has 0 aliphatic carbocycles. The fourth-order valence-electron chi connectivity index (χ4n) is 5.56. The third-order valence-corrected chi connectivity index (χ3v) is 7.50. The molecule has 37 heavy (non-hydrogen) atoms. The van der Waals surface area contributed by atoms with Gasteiger partial charge in [-0.2, -0.15) is 5.10 Å².